The Morgan fingerprint density at radius 3 is 2.89 bits per heavy atom. The van der Waals surface area contributed by atoms with Crippen molar-refractivity contribution >= 4 is 11.6 Å². The molecule has 0 aromatic heterocycles. The highest BCUT2D eigenvalue weighted by Crippen LogP contribution is 2.25. The Balaban J connectivity index is 2.17. The van der Waals surface area contributed by atoms with Crippen LogP contribution in [0.5, 0.6) is 0 Å². The van der Waals surface area contributed by atoms with Gasteiger partial charge in [0.1, 0.15) is 6.10 Å². The number of ether oxygens (including phenoxy) is 1. The van der Waals surface area contributed by atoms with Gasteiger partial charge in [0.05, 0.1) is 6.61 Å². The monoisotopic (exact) mass is 262 g/mol. The van der Waals surface area contributed by atoms with Crippen LogP contribution in [0.1, 0.15) is 24.0 Å². The first kappa shape index (κ1) is 14.0. The lowest BCUT2D eigenvalue weighted by Crippen LogP contribution is -2.48. The second-order valence-corrected chi connectivity index (χ2v) is 5.07. The molecule has 0 radical (unpaired) electrons. The average Bonchev–Trinajstić information content (AvgIpc) is 2.38. The zero-order chi connectivity index (χ0) is 13.8. The third kappa shape index (κ3) is 3.14. The van der Waals surface area contributed by atoms with Gasteiger partial charge in [-0.05, 0) is 44.9 Å². The summed E-state index contributed by atoms with van der Waals surface area (Å²) in [6, 6.07) is 6.17. The van der Waals surface area contributed by atoms with Crippen molar-refractivity contribution in [3.8, 4) is 0 Å². The van der Waals surface area contributed by atoms with E-state index in [1.54, 1.807) is 0 Å². The second kappa shape index (κ2) is 6.17. The molecule has 2 N–H and O–H groups in total. The topological polar surface area (TPSA) is 55.6 Å². The Bertz CT molecular complexity index is 459. The maximum absolute atomic E-state index is 12.4. The molecule has 1 aliphatic heterocycles. The van der Waals surface area contributed by atoms with Gasteiger partial charge in [-0.25, -0.2) is 0 Å². The predicted octanol–water partition coefficient (Wildman–Crippen LogP) is 1.77. The summed E-state index contributed by atoms with van der Waals surface area (Å²) in [6.45, 7) is 5.91. The van der Waals surface area contributed by atoms with Crippen molar-refractivity contribution in [2.24, 2.45) is 5.73 Å². The third-order valence-electron chi connectivity index (χ3n) is 3.49. The van der Waals surface area contributed by atoms with Gasteiger partial charge in [-0.2, -0.15) is 0 Å². The van der Waals surface area contributed by atoms with Crippen LogP contribution in [0.15, 0.2) is 18.2 Å². The molecular weight excluding hydrogens is 240 g/mol. The van der Waals surface area contributed by atoms with E-state index in [4.69, 9.17) is 10.5 Å². The van der Waals surface area contributed by atoms with Crippen LogP contribution in [0.3, 0.4) is 0 Å². The van der Waals surface area contributed by atoms with E-state index < -0.39 is 0 Å². The number of carbonyl (C=O) groups is 1. The number of carbonyl (C=O) groups excluding carboxylic acids is 1. The Labute approximate surface area is 114 Å². The first-order chi connectivity index (χ1) is 9.13. The maximum atomic E-state index is 12.4. The van der Waals surface area contributed by atoms with Crippen molar-refractivity contribution in [2.75, 3.05) is 24.6 Å². The normalized spacial score (nSPS) is 19.8. The van der Waals surface area contributed by atoms with Gasteiger partial charge < -0.3 is 15.4 Å². The first-order valence-electron chi connectivity index (χ1n) is 6.84. The molecule has 0 bridgehead atoms. The van der Waals surface area contributed by atoms with Crippen LogP contribution >= 0.6 is 0 Å². The summed E-state index contributed by atoms with van der Waals surface area (Å²) in [4.78, 5) is 14.3. The van der Waals surface area contributed by atoms with Gasteiger partial charge >= 0.3 is 0 Å². The molecule has 19 heavy (non-hydrogen) atoms. The summed E-state index contributed by atoms with van der Waals surface area (Å²) in [5.74, 6) is 0.0617. The predicted molar refractivity (Wildman–Crippen MR) is 76.3 cm³/mol. The van der Waals surface area contributed by atoms with Crippen LogP contribution in [-0.2, 0) is 9.53 Å². The number of amides is 1. The molecule has 1 amide bonds. The number of benzene rings is 1. The lowest BCUT2D eigenvalue weighted by Gasteiger charge is -2.33. The van der Waals surface area contributed by atoms with Gasteiger partial charge in [0.15, 0.2) is 0 Å². The fraction of sp³-hybridized carbons (Fsp3) is 0.533. The molecule has 1 atom stereocenters. The van der Waals surface area contributed by atoms with E-state index in [0.29, 0.717) is 26.1 Å². The molecule has 1 unspecified atom stereocenters. The SMILES string of the molecule is Cc1ccc(N2CCOC(CCCN)C2=O)c(C)c1. The standard InChI is InChI=1S/C15H22N2O2/c1-11-5-6-13(12(2)10-11)17-8-9-19-14(15(17)18)4-3-7-16/h5-6,10,14H,3-4,7-9,16H2,1-2H3. The summed E-state index contributed by atoms with van der Waals surface area (Å²) in [5, 5.41) is 0. The molecule has 1 aromatic rings. The minimum atomic E-state index is -0.335. The highest BCUT2D eigenvalue weighted by atomic mass is 16.5. The summed E-state index contributed by atoms with van der Waals surface area (Å²) in [5.41, 5.74) is 8.84. The second-order valence-electron chi connectivity index (χ2n) is 5.07. The van der Waals surface area contributed by atoms with E-state index >= 15 is 0 Å². The van der Waals surface area contributed by atoms with E-state index in [2.05, 4.69) is 13.0 Å². The van der Waals surface area contributed by atoms with Gasteiger partial charge in [0.2, 0.25) is 0 Å². The molecule has 1 saturated heterocycles. The number of anilines is 1. The van der Waals surface area contributed by atoms with Crippen LogP contribution < -0.4 is 10.6 Å². The van der Waals surface area contributed by atoms with Gasteiger partial charge in [0, 0.05) is 12.2 Å². The summed E-state index contributed by atoms with van der Waals surface area (Å²) < 4.78 is 5.56. The van der Waals surface area contributed by atoms with Crippen LogP contribution in [0.2, 0.25) is 0 Å². The number of nitrogens with zero attached hydrogens (tertiary/aromatic N) is 1. The Kier molecular flexibility index (Phi) is 4.56. The van der Waals surface area contributed by atoms with Crippen molar-refractivity contribution in [3.05, 3.63) is 29.3 Å². The summed E-state index contributed by atoms with van der Waals surface area (Å²) >= 11 is 0. The highest BCUT2D eigenvalue weighted by molar-refractivity contribution is 5.97. The van der Waals surface area contributed by atoms with Gasteiger partial charge in [-0.3, -0.25) is 4.79 Å². The van der Waals surface area contributed by atoms with Crippen LogP contribution in [0.25, 0.3) is 0 Å². The quantitative estimate of drug-likeness (QED) is 0.899. The number of aryl methyl sites for hydroxylation is 2. The number of hydrogen-bond donors (Lipinski definition) is 1. The fourth-order valence-electron chi connectivity index (χ4n) is 2.50. The number of rotatable bonds is 4. The van der Waals surface area contributed by atoms with Crippen LogP contribution in [-0.4, -0.2) is 31.7 Å². The van der Waals surface area contributed by atoms with Gasteiger partial charge in [-0.1, -0.05) is 17.7 Å². The minimum Gasteiger partial charge on any atom is -0.367 e. The maximum Gasteiger partial charge on any atom is 0.256 e. The van der Waals surface area contributed by atoms with Gasteiger partial charge in [0.25, 0.3) is 5.91 Å². The highest BCUT2D eigenvalue weighted by Gasteiger charge is 2.30. The van der Waals surface area contributed by atoms with Crippen LogP contribution in [0, 0.1) is 13.8 Å². The molecule has 0 spiro atoms. The molecule has 1 aliphatic rings. The van der Waals surface area contributed by atoms with Crippen molar-refractivity contribution in [1.82, 2.24) is 0 Å². The van der Waals surface area contributed by atoms with E-state index in [9.17, 15) is 4.79 Å². The molecule has 0 saturated carbocycles. The van der Waals surface area contributed by atoms with Crippen molar-refractivity contribution in [3.63, 3.8) is 0 Å². The number of morpholine rings is 1. The average molecular weight is 262 g/mol. The van der Waals surface area contributed by atoms with Crippen molar-refractivity contribution in [2.45, 2.75) is 32.8 Å². The molecular formula is C15H22N2O2. The molecule has 4 nitrogen and oxygen atoms in total. The zero-order valence-electron chi connectivity index (χ0n) is 11.7. The van der Waals surface area contributed by atoms with E-state index in [1.807, 2.05) is 24.0 Å². The zero-order valence-corrected chi connectivity index (χ0v) is 11.7. The molecule has 1 fully saturated rings. The molecule has 1 heterocycles. The minimum absolute atomic E-state index is 0.0617. The van der Waals surface area contributed by atoms with E-state index in [-0.39, 0.29) is 12.0 Å². The van der Waals surface area contributed by atoms with E-state index in [1.165, 1.54) is 5.56 Å². The summed E-state index contributed by atoms with van der Waals surface area (Å²) in [6.07, 6.45) is 1.19. The van der Waals surface area contributed by atoms with Crippen molar-refractivity contribution in [1.29, 1.82) is 0 Å². The molecule has 0 aliphatic carbocycles. The first-order valence-corrected chi connectivity index (χ1v) is 6.84. The number of hydrogen-bond acceptors (Lipinski definition) is 3. The molecule has 4 heteroatoms. The number of nitrogens with two attached hydrogens (primary N) is 1. The molecule has 1 aromatic carbocycles. The lowest BCUT2D eigenvalue weighted by atomic mass is 10.1. The molecule has 2 rings (SSSR count). The van der Waals surface area contributed by atoms with E-state index in [0.717, 1.165) is 17.7 Å². The van der Waals surface area contributed by atoms with Gasteiger partial charge in [-0.15, -0.1) is 0 Å². The lowest BCUT2D eigenvalue weighted by molar-refractivity contribution is -0.134. The molecule has 104 valence electrons. The smallest absolute Gasteiger partial charge is 0.256 e. The largest absolute Gasteiger partial charge is 0.367 e. The van der Waals surface area contributed by atoms with Crippen molar-refractivity contribution < 1.29 is 9.53 Å². The Morgan fingerprint density at radius 2 is 2.21 bits per heavy atom. The fourth-order valence-corrected chi connectivity index (χ4v) is 2.50. The Hall–Kier alpha value is -1.39. The summed E-state index contributed by atoms with van der Waals surface area (Å²) in [7, 11) is 0. The third-order valence-corrected chi connectivity index (χ3v) is 3.49. The Morgan fingerprint density at radius 1 is 1.42 bits per heavy atom. The van der Waals surface area contributed by atoms with Crippen LogP contribution in [0.4, 0.5) is 5.69 Å².